The van der Waals surface area contributed by atoms with Gasteiger partial charge in [-0.1, -0.05) is 18.2 Å². The summed E-state index contributed by atoms with van der Waals surface area (Å²) in [6, 6.07) is 11.0. The summed E-state index contributed by atoms with van der Waals surface area (Å²) < 4.78 is 0. The van der Waals surface area contributed by atoms with Crippen molar-refractivity contribution in [1.29, 1.82) is 0 Å². The number of rotatable bonds is 6. The molecule has 3 heterocycles. The summed E-state index contributed by atoms with van der Waals surface area (Å²) in [6.07, 6.45) is 3.95. The van der Waals surface area contributed by atoms with Gasteiger partial charge in [-0.3, -0.25) is 9.59 Å². The number of nitrogens with zero attached hydrogens (tertiary/aromatic N) is 3. The van der Waals surface area contributed by atoms with Crippen LogP contribution in [0.5, 0.6) is 0 Å². The Hall–Kier alpha value is -3.39. The van der Waals surface area contributed by atoms with Gasteiger partial charge in [-0.05, 0) is 30.8 Å². The Labute approximate surface area is 181 Å². The van der Waals surface area contributed by atoms with Crippen molar-refractivity contribution in [3.63, 3.8) is 0 Å². The molecule has 4 rings (SSSR count). The fourth-order valence-electron chi connectivity index (χ4n) is 3.89. The number of aromatic nitrogens is 2. The van der Waals surface area contributed by atoms with Gasteiger partial charge in [0.05, 0.1) is 11.9 Å². The summed E-state index contributed by atoms with van der Waals surface area (Å²) in [5.41, 5.74) is 2.59. The highest BCUT2D eigenvalue weighted by atomic mass is 16.2. The van der Waals surface area contributed by atoms with Crippen LogP contribution >= 0.6 is 0 Å². The summed E-state index contributed by atoms with van der Waals surface area (Å²) in [5, 5.41) is 6.71. The summed E-state index contributed by atoms with van der Waals surface area (Å²) in [4.78, 5) is 36.9. The molecule has 1 saturated heterocycles. The van der Waals surface area contributed by atoms with E-state index in [-0.39, 0.29) is 11.8 Å². The van der Waals surface area contributed by atoms with Crippen LogP contribution in [0.4, 0.5) is 11.5 Å². The third-order valence-corrected chi connectivity index (χ3v) is 5.64. The molecule has 3 N–H and O–H groups in total. The molecule has 31 heavy (non-hydrogen) atoms. The van der Waals surface area contributed by atoms with Crippen LogP contribution in [0, 0.1) is 0 Å². The lowest BCUT2D eigenvalue weighted by molar-refractivity contribution is -0.125. The number of H-pyrrole nitrogens is 1. The van der Waals surface area contributed by atoms with Gasteiger partial charge in [0.1, 0.15) is 11.9 Å². The number of nitrogens with one attached hydrogen (secondary N) is 3. The zero-order chi connectivity index (χ0) is 21.8. The second kappa shape index (κ2) is 9.18. The van der Waals surface area contributed by atoms with Gasteiger partial charge >= 0.3 is 0 Å². The number of hydrogen-bond acceptors (Lipinski definition) is 5. The third-order valence-electron chi connectivity index (χ3n) is 5.64. The number of aromatic amines is 1. The molecule has 8 nitrogen and oxygen atoms in total. The first-order valence-electron chi connectivity index (χ1n) is 10.5. The van der Waals surface area contributed by atoms with Crippen molar-refractivity contribution in [2.75, 3.05) is 43.4 Å². The van der Waals surface area contributed by atoms with Crippen molar-refractivity contribution in [2.24, 2.45) is 0 Å². The molecule has 0 saturated carbocycles. The van der Waals surface area contributed by atoms with Gasteiger partial charge < -0.3 is 25.4 Å². The highest BCUT2D eigenvalue weighted by Crippen LogP contribution is 2.20. The molecular weight excluding hydrogens is 392 g/mol. The molecule has 0 aliphatic carbocycles. The largest absolute Gasteiger partial charge is 0.361 e. The van der Waals surface area contributed by atoms with Gasteiger partial charge in [0.2, 0.25) is 11.8 Å². The lowest BCUT2D eigenvalue weighted by atomic mass is 10.0. The first-order chi connectivity index (χ1) is 15.0. The zero-order valence-electron chi connectivity index (χ0n) is 17.9. The van der Waals surface area contributed by atoms with Gasteiger partial charge in [-0.2, -0.15) is 0 Å². The standard InChI is InChI=1S/C23H28N6O2/c1-16(30)26-21(13-17-14-24-20-6-4-3-5-19(17)20)23(31)27-18-7-8-22(25-15-18)29-11-9-28(2)10-12-29/h3-8,14-15,21,24H,9-13H2,1-2H3,(H,26,30)(H,27,31)/t21-/m0/s1. The number of hydrogen-bond donors (Lipinski definition) is 3. The van der Waals surface area contributed by atoms with Crippen molar-refractivity contribution in [3.8, 4) is 0 Å². The Morgan fingerprint density at radius 2 is 1.90 bits per heavy atom. The van der Waals surface area contributed by atoms with Crippen LogP contribution in [-0.2, 0) is 16.0 Å². The van der Waals surface area contributed by atoms with Crippen molar-refractivity contribution < 1.29 is 9.59 Å². The SMILES string of the molecule is CC(=O)N[C@@H](Cc1c[nH]c2ccccc12)C(=O)Nc1ccc(N2CCN(C)CC2)nc1. The monoisotopic (exact) mass is 420 g/mol. The van der Waals surface area contributed by atoms with Crippen molar-refractivity contribution >= 4 is 34.2 Å². The summed E-state index contributed by atoms with van der Waals surface area (Å²) in [5.74, 6) is 0.390. The number of benzene rings is 1. The first kappa shape index (κ1) is 20.9. The summed E-state index contributed by atoms with van der Waals surface area (Å²) in [6.45, 7) is 5.30. The molecule has 0 radical (unpaired) electrons. The van der Waals surface area contributed by atoms with E-state index < -0.39 is 6.04 Å². The number of pyridine rings is 1. The second-order valence-corrected chi connectivity index (χ2v) is 8.00. The number of carbonyl (C=O) groups is 2. The molecule has 0 spiro atoms. The third kappa shape index (κ3) is 5.03. The summed E-state index contributed by atoms with van der Waals surface area (Å²) in [7, 11) is 2.12. The predicted octanol–water partition coefficient (Wildman–Crippen LogP) is 2.00. The van der Waals surface area contributed by atoms with Crippen LogP contribution in [0.1, 0.15) is 12.5 Å². The first-order valence-corrected chi connectivity index (χ1v) is 10.5. The van der Waals surface area contributed by atoms with Crippen LogP contribution in [-0.4, -0.2) is 66.0 Å². The Kier molecular flexibility index (Phi) is 6.18. The molecule has 1 aliphatic rings. The fraction of sp³-hybridized carbons (Fsp3) is 0.348. The maximum absolute atomic E-state index is 13.0. The highest BCUT2D eigenvalue weighted by molar-refractivity contribution is 5.97. The number of para-hydroxylation sites is 1. The lowest BCUT2D eigenvalue weighted by Crippen LogP contribution is -2.45. The molecule has 0 bridgehead atoms. The van der Waals surface area contributed by atoms with E-state index in [9.17, 15) is 9.59 Å². The predicted molar refractivity (Wildman–Crippen MR) is 122 cm³/mol. The average molecular weight is 421 g/mol. The second-order valence-electron chi connectivity index (χ2n) is 8.00. The molecule has 8 heteroatoms. The van der Waals surface area contributed by atoms with E-state index in [1.54, 1.807) is 6.20 Å². The van der Waals surface area contributed by atoms with Crippen LogP contribution < -0.4 is 15.5 Å². The Balaban J connectivity index is 1.44. The van der Waals surface area contributed by atoms with E-state index in [0.717, 1.165) is 48.5 Å². The molecule has 3 aromatic rings. The van der Waals surface area contributed by atoms with Crippen molar-refractivity contribution in [3.05, 3.63) is 54.4 Å². The molecular formula is C23H28N6O2. The van der Waals surface area contributed by atoms with Crippen LogP contribution in [0.3, 0.4) is 0 Å². The smallest absolute Gasteiger partial charge is 0.247 e. The van der Waals surface area contributed by atoms with Gasteiger partial charge in [-0.25, -0.2) is 4.98 Å². The quantitative estimate of drug-likeness (QED) is 0.567. The van der Waals surface area contributed by atoms with E-state index >= 15 is 0 Å². The van der Waals surface area contributed by atoms with Crippen LogP contribution in [0.25, 0.3) is 10.9 Å². The van der Waals surface area contributed by atoms with Gasteiger partial charge in [0, 0.05) is 56.6 Å². The molecule has 2 aromatic heterocycles. The lowest BCUT2D eigenvalue weighted by Gasteiger charge is -2.33. The summed E-state index contributed by atoms with van der Waals surface area (Å²) >= 11 is 0. The molecule has 0 unspecified atom stereocenters. The number of carbonyl (C=O) groups excluding carboxylic acids is 2. The maximum atomic E-state index is 13.0. The Morgan fingerprint density at radius 1 is 1.13 bits per heavy atom. The minimum atomic E-state index is -0.686. The molecule has 1 atom stereocenters. The minimum Gasteiger partial charge on any atom is -0.361 e. The van der Waals surface area contributed by atoms with E-state index in [0.29, 0.717) is 12.1 Å². The van der Waals surface area contributed by atoms with Crippen molar-refractivity contribution in [1.82, 2.24) is 20.2 Å². The Bertz CT molecular complexity index is 1050. The van der Waals surface area contributed by atoms with Gasteiger partial charge in [0.25, 0.3) is 0 Å². The maximum Gasteiger partial charge on any atom is 0.247 e. The zero-order valence-corrected chi connectivity index (χ0v) is 17.9. The van der Waals surface area contributed by atoms with Gasteiger partial charge in [-0.15, -0.1) is 0 Å². The van der Waals surface area contributed by atoms with E-state index in [2.05, 4.69) is 37.4 Å². The van der Waals surface area contributed by atoms with E-state index in [1.807, 2.05) is 42.6 Å². The van der Waals surface area contributed by atoms with Crippen LogP contribution in [0.15, 0.2) is 48.8 Å². The molecule has 162 valence electrons. The highest BCUT2D eigenvalue weighted by Gasteiger charge is 2.22. The molecule has 2 amide bonds. The normalized spacial score (nSPS) is 15.6. The molecule has 1 fully saturated rings. The van der Waals surface area contributed by atoms with Gasteiger partial charge in [0.15, 0.2) is 0 Å². The number of fused-ring (bicyclic) bond motifs is 1. The molecule has 1 aromatic carbocycles. The number of anilines is 2. The number of amides is 2. The Morgan fingerprint density at radius 3 is 2.61 bits per heavy atom. The number of likely N-dealkylation sites (N-methyl/N-ethyl adjacent to an activating group) is 1. The fourth-order valence-corrected chi connectivity index (χ4v) is 3.89. The average Bonchev–Trinajstić information content (AvgIpc) is 3.17. The van der Waals surface area contributed by atoms with Crippen molar-refractivity contribution in [2.45, 2.75) is 19.4 Å². The molecule has 1 aliphatic heterocycles. The minimum absolute atomic E-state index is 0.247. The van der Waals surface area contributed by atoms with Crippen LogP contribution in [0.2, 0.25) is 0 Å². The number of piperazine rings is 1. The van der Waals surface area contributed by atoms with E-state index in [4.69, 9.17) is 0 Å². The van der Waals surface area contributed by atoms with E-state index in [1.165, 1.54) is 6.92 Å². The topological polar surface area (TPSA) is 93.4 Å².